The van der Waals surface area contributed by atoms with Crippen LogP contribution in [0.5, 0.6) is 0 Å². The number of ether oxygens (including phenoxy) is 1. The van der Waals surface area contributed by atoms with E-state index in [-0.39, 0.29) is 0 Å². The lowest BCUT2D eigenvalue weighted by atomic mass is 10.4. The van der Waals surface area contributed by atoms with Crippen molar-refractivity contribution < 1.29 is 4.74 Å². The highest BCUT2D eigenvalue weighted by atomic mass is 16.5. The molecule has 0 aromatic carbocycles. The predicted molar refractivity (Wildman–Crippen MR) is 50.6 cm³/mol. The van der Waals surface area contributed by atoms with E-state index in [0.29, 0.717) is 24.7 Å². The number of allylic oxidation sites excluding steroid dienone is 2. The Kier molecular flexibility index (Phi) is 5.73. The van der Waals surface area contributed by atoms with Crippen LogP contribution in [0.3, 0.4) is 0 Å². The first-order chi connectivity index (χ1) is 5.74. The third kappa shape index (κ3) is 4.51. The molecule has 0 atom stereocenters. The van der Waals surface area contributed by atoms with Crippen molar-refractivity contribution in [3.63, 3.8) is 0 Å². The highest BCUT2D eigenvalue weighted by Crippen LogP contribution is 2.01. The van der Waals surface area contributed by atoms with Crippen LogP contribution in [-0.2, 0) is 4.74 Å². The van der Waals surface area contributed by atoms with Crippen molar-refractivity contribution in [2.45, 2.75) is 6.92 Å². The largest absolute Gasteiger partial charge is 0.492 e. The van der Waals surface area contributed by atoms with Crippen LogP contribution >= 0.6 is 0 Å². The number of nitrogens with zero attached hydrogens (tertiary/aromatic N) is 1. The molecular formula is C8H15N3O. The molecule has 0 amide bonds. The lowest BCUT2D eigenvalue weighted by Crippen LogP contribution is -2.08. The molecule has 68 valence electrons. The predicted octanol–water partition coefficient (Wildman–Crippen LogP) is 0.366. The molecule has 0 spiro atoms. The van der Waals surface area contributed by atoms with E-state index in [2.05, 4.69) is 11.7 Å². The number of hydrogen-bond donors (Lipinski definition) is 2. The summed E-state index contributed by atoms with van der Waals surface area (Å²) < 4.78 is 5.20. The van der Waals surface area contributed by atoms with Gasteiger partial charge in [-0.25, -0.2) is 4.99 Å². The van der Waals surface area contributed by atoms with E-state index in [0.717, 1.165) is 0 Å². The summed E-state index contributed by atoms with van der Waals surface area (Å²) in [5, 5.41) is 0. The molecule has 4 N–H and O–H groups in total. The fraction of sp³-hybridized carbons (Fsp3) is 0.375. The first kappa shape index (κ1) is 10.7. The number of rotatable bonds is 5. The first-order valence-corrected chi connectivity index (χ1v) is 3.67. The maximum atomic E-state index is 5.40. The average molecular weight is 169 g/mol. The van der Waals surface area contributed by atoms with Gasteiger partial charge in [-0.3, -0.25) is 0 Å². The summed E-state index contributed by atoms with van der Waals surface area (Å²) in [6.45, 7) is 6.08. The summed E-state index contributed by atoms with van der Waals surface area (Å²) in [7, 11) is 0. The van der Waals surface area contributed by atoms with Crippen molar-refractivity contribution in [1.82, 2.24) is 0 Å². The van der Waals surface area contributed by atoms with Gasteiger partial charge in [-0.05, 0) is 19.7 Å². The SMILES string of the molecule is C=N/C(N)=C\C(=C/C)OCCN. The summed E-state index contributed by atoms with van der Waals surface area (Å²) in [4.78, 5) is 3.52. The van der Waals surface area contributed by atoms with Crippen LogP contribution in [0.25, 0.3) is 0 Å². The van der Waals surface area contributed by atoms with E-state index in [1.807, 2.05) is 6.92 Å². The zero-order valence-corrected chi connectivity index (χ0v) is 7.29. The second kappa shape index (κ2) is 6.42. The summed E-state index contributed by atoms with van der Waals surface area (Å²) >= 11 is 0. The van der Waals surface area contributed by atoms with E-state index >= 15 is 0 Å². The molecule has 0 aliphatic heterocycles. The minimum Gasteiger partial charge on any atom is -0.492 e. The van der Waals surface area contributed by atoms with Gasteiger partial charge >= 0.3 is 0 Å². The minimum atomic E-state index is 0.333. The Morgan fingerprint density at radius 2 is 2.33 bits per heavy atom. The van der Waals surface area contributed by atoms with E-state index in [1.54, 1.807) is 12.2 Å². The Balaban J connectivity index is 4.09. The van der Waals surface area contributed by atoms with Gasteiger partial charge in [0.1, 0.15) is 18.2 Å². The normalized spacial score (nSPS) is 12.8. The Bertz CT molecular complexity index is 196. The monoisotopic (exact) mass is 169 g/mol. The lowest BCUT2D eigenvalue weighted by molar-refractivity contribution is 0.233. The molecule has 0 rings (SSSR count). The van der Waals surface area contributed by atoms with E-state index in [1.165, 1.54) is 0 Å². The average Bonchev–Trinajstić information content (AvgIpc) is 2.11. The second-order valence-electron chi connectivity index (χ2n) is 2.06. The molecule has 0 aromatic rings. The van der Waals surface area contributed by atoms with Crippen molar-refractivity contribution in [2.75, 3.05) is 13.2 Å². The maximum Gasteiger partial charge on any atom is 0.126 e. The molecule has 0 unspecified atom stereocenters. The van der Waals surface area contributed by atoms with Crippen molar-refractivity contribution in [3.05, 3.63) is 23.7 Å². The fourth-order valence-corrected chi connectivity index (χ4v) is 0.577. The van der Waals surface area contributed by atoms with Crippen molar-refractivity contribution >= 4 is 6.72 Å². The fourth-order valence-electron chi connectivity index (χ4n) is 0.577. The number of nitrogens with two attached hydrogens (primary N) is 2. The van der Waals surface area contributed by atoms with Crippen LogP contribution in [0.1, 0.15) is 6.92 Å². The topological polar surface area (TPSA) is 73.6 Å². The van der Waals surface area contributed by atoms with Gasteiger partial charge in [0.05, 0.1) is 0 Å². The highest BCUT2D eigenvalue weighted by molar-refractivity contribution is 5.30. The van der Waals surface area contributed by atoms with Gasteiger partial charge in [0.15, 0.2) is 0 Å². The van der Waals surface area contributed by atoms with E-state index in [4.69, 9.17) is 16.2 Å². The van der Waals surface area contributed by atoms with Crippen molar-refractivity contribution in [2.24, 2.45) is 16.5 Å². The molecule has 0 fully saturated rings. The van der Waals surface area contributed by atoms with Gasteiger partial charge in [-0.1, -0.05) is 0 Å². The Morgan fingerprint density at radius 3 is 2.75 bits per heavy atom. The van der Waals surface area contributed by atoms with Crippen LogP contribution in [0.15, 0.2) is 28.7 Å². The van der Waals surface area contributed by atoms with Crippen molar-refractivity contribution in [1.29, 1.82) is 0 Å². The molecule has 0 aromatic heterocycles. The molecule has 4 heteroatoms. The van der Waals surface area contributed by atoms with Crippen LogP contribution in [0.4, 0.5) is 0 Å². The second-order valence-corrected chi connectivity index (χ2v) is 2.06. The Morgan fingerprint density at radius 1 is 1.67 bits per heavy atom. The Labute approximate surface area is 72.6 Å². The van der Waals surface area contributed by atoms with Crippen LogP contribution in [0.2, 0.25) is 0 Å². The van der Waals surface area contributed by atoms with Gasteiger partial charge in [0, 0.05) is 12.6 Å². The van der Waals surface area contributed by atoms with Gasteiger partial charge in [-0.15, -0.1) is 0 Å². The molecule has 0 radical (unpaired) electrons. The zero-order chi connectivity index (χ0) is 9.40. The minimum absolute atomic E-state index is 0.333. The summed E-state index contributed by atoms with van der Waals surface area (Å²) in [5.74, 6) is 0.991. The molecule has 0 heterocycles. The highest BCUT2D eigenvalue weighted by Gasteiger charge is 1.92. The number of aliphatic imine (C=N–C) groups is 1. The van der Waals surface area contributed by atoms with Gasteiger partial charge in [0.25, 0.3) is 0 Å². The third-order valence-electron chi connectivity index (χ3n) is 1.14. The molecule has 0 aliphatic rings. The molecule has 0 saturated heterocycles. The molecule has 12 heavy (non-hydrogen) atoms. The summed E-state index contributed by atoms with van der Waals surface area (Å²) in [6, 6.07) is 0. The van der Waals surface area contributed by atoms with Crippen LogP contribution in [0, 0.1) is 0 Å². The molecule has 0 saturated carbocycles. The van der Waals surface area contributed by atoms with E-state index in [9.17, 15) is 0 Å². The standard InChI is InChI=1S/C8H15N3O/c1-3-7(12-5-4-9)6-8(10)11-2/h3,6H,2,4-5,9-10H2,1H3/b7-3+,8-6-. The molecule has 4 nitrogen and oxygen atoms in total. The van der Waals surface area contributed by atoms with Gasteiger partial charge in [-0.2, -0.15) is 0 Å². The smallest absolute Gasteiger partial charge is 0.126 e. The first-order valence-electron chi connectivity index (χ1n) is 3.67. The Hall–Kier alpha value is -1.29. The summed E-state index contributed by atoms with van der Waals surface area (Å²) in [6.07, 6.45) is 3.39. The van der Waals surface area contributed by atoms with E-state index < -0.39 is 0 Å². The zero-order valence-electron chi connectivity index (χ0n) is 7.29. The lowest BCUT2D eigenvalue weighted by Gasteiger charge is -2.04. The van der Waals surface area contributed by atoms with Crippen LogP contribution in [-0.4, -0.2) is 19.9 Å². The third-order valence-corrected chi connectivity index (χ3v) is 1.14. The maximum absolute atomic E-state index is 5.40. The summed E-state index contributed by atoms with van der Waals surface area (Å²) in [5.41, 5.74) is 10.7. The molecule has 0 aliphatic carbocycles. The molecular weight excluding hydrogens is 154 g/mol. The van der Waals surface area contributed by atoms with Gasteiger partial charge < -0.3 is 16.2 Å². The van der Waals surface area contributed by atoms with Crippen molar-refractivity contribution in [3.8, 4) is 0 Å². The quantitative estimate of drug-likeness (QED) is 0.354. The number of hydrogen-bond acceptors (Lipinski definition) is 4. The van der Waals surface area contributed by atoms with Gasteiger partial charge in [0.2, 0.25) is 0 Å². The van der Waals surface area contributed by atoms with Crippen LogP contribution < -0.4 is 11.5 Å². The molecule has 0 bridgehead atoms.